The van der Waals surface area contributed by atoms with Gasteiger partial charge in [0, 0.05) is 19.3 Å². The van der Waals surface area contributed by atoms with E-state index >= 15 is 0 Å². The fourth-order valence-electron chi connectivity index (χ4n) is 1.68. The fourth-order valence-corrected chi connectivity index (χ4v) is 3.28. The van der Waals surface area contributed by atoms with Gasteiger partial charge in [0.05, 0.1) is 6.54 Å². The van der Waals surface area contributed by atoms with Crippen molar-refractivity contribution in [3.8, 4) is 0 Å². The first-order chi connectivity index (χ1) is 9.73. The van der Waals surface area contributed by atoms with Crippen LogP contribution in [0.1, 0.15) is 13.3 Å². The van der Waals surface area contributed by atoms with Crippen molar-refractivity contribution in [2.24, 2.45) is 0 Å². The topological polar surface area (TPSA) is 92.5 Å². The average Bonchev–Trinajstić information content (AvgIpc) is 2.41. The van der Waals surface area contributed by atoms with E-state index in [1.807, 2.05) is 0 Å². The molecule has 0 spiro atoms. The van der Waals surface area contributed by atoms with E-state index in [1.165, 1.54) is 7.05 Å². The van der Waals surface area contributed by atoms with Crippen LogP contribution in [-0.4, -0.2) is 38.8 Å². The van der Waals surface area contributed by atoms with E-state index in [2.05, 4.69) is 5.32 Å². The van der Waals surface area contributed by atoms with E-state index in [9.17, 15) is 22.0 Å². The highest BCUT2D eigenvalue weighted by Crippen LogP contribution is 2.24. The maximum atomic E-state index is 13.8. The average molecular weight is 321 g/mol. The Morgan fingerprint density at radius 2 is 2.00 bits per heavy atom. The van der Waals surface area contributed by atoms with Gasteiger partial charge in [-0.1, -0.05) is 6.92 Å². The van der Waals surface area contributed by atoms with E-state index < -0.39 is 39.0 Å². The quantitative estimate of drug-likeness (QED) is 0.754. The molecule has 0 bridgehead atoms. The molecule has 0 aliphatic rings. The minimum atomic E-state index is -4.37. The molecule has 1 aromatic carbocycles. The van der Waals surface area contributed by atoms with Crippen LogP contribution in [0.3, 0.4) is 0 Å². The van der Waals surface area contributed by atoms with Crippen LogP contribution in [0.25, 0.3) is 0 Å². The molecule has 0 radical (unpaired) electrons. The monoisotopic (exact) mass is 321 g/mol. The summed E-state index contributed by atoms with van der Waals surface area (Å²) in [4.78, 5) is 10.5. The van der Waals surface area contributed by atoms with E-state index in [0.717, 1.165) is 10.4 Å². The Morgan fingerprint density at radius 1 is 1.38 bits per heavy atom. The first-order valence-electron chi connectivity index (χ1n) is 6.19. The lowest BCUT2D eigenvalue weighted by atomic mass is 10.3. The largest absolute Gasteiger partial charge is 0.399 e. The highest BCUT2D eigenvalue weighted by Gasteiger charge is 2.30. The molecule has 0 aliphatic carbocycles. The number of hydrogen-bond acceptors (Lipinski definition) is 4. The van der Waals surface area contributed by atoms with Gasteiger partial charge >= 0.3 is 0 Å². The van der Waals surface area contributed by atoms with Gasteiger partial charge in [-0.2, -0.15) is 4.31 Å². The lowest BCUT2D eigenvalue weighted by molar-refractivity contribution is -0.120. The van der Waals surface area contributed by atoms with Gasteiger partial charge in [-0.15, -0.1) is 0 Å². The molecular formula is C12H17F2N3O3S. The third kappa shape index (κ3) is 3.88. The number of nitrogens with zero attached hydrogens (tertiary/aromatic N) is 1. The lowest BCUT2D eigenvalue weighted by Gasteiger charge is -2.21. The second-order valence-corrected chi connectivity index (χ2v) is 6.23. The number of amides is 1. The third-order valence-electron chi connectivity index (χ3n) is 2.71. The van der Waals surface area contributed by atoms with Crippen molar-refractivity contribution in [3.63, 3.8) is 0 Å². The summed E-state index contributed by atoms with van der Waals surface area (Å²) in [6.07, 6.45) is 0.405. The van der Waals surface area contributed by atoms with Gasteiger partial charge in [-0.05, 0) is 18.6 Å². The first-order valence-corrected chi connectivity index (χ1v) is 7.63. The Hall–Kier alpha value is -1.74. The predicted octanol–water partition coefficient (Wildman–Crippen LogP) is 0.694. The minimum Gasteiger partial charge on any atom is -0.399 e. The molecule has 0 aliphatic heterocycles. The van der Waals surface area contributed by atoms with Gasteiger partial charge in [0.2, 0.25) is 15.9 Å². The van der Waals surface area contributed by atoms with Crippen molar-refractivity contribution in [1.82, 2.24) is 9.62 Å². The van der Waals surface area contributed by atoms with Crippen molar-refractivity contribution in [2.75, 3.05) is 25.9 Å². The molecule has 3 N–H and O–H groups in total. The number of nitrogens with one attached hydrogen (secondary N) is 1. The molecule has 0 fully saturated rings. The number of halogens is 2. The normalized spacial score (nSPS) is 11.7. The number of benzene rings is 1. The van der Waals surface area contributed by atoms with E-state index in [0.29, 0.717) is 12.5 Å². The number of nitrogens with two attached hydrogens (primary N) is 1. The zero-order valence-corrected chi connectivity index (χ0v) is 12.5. The van der Waals surface area contributed by atoms with Crippen molar-refractivity contribution in [1.29, 1.82) is 0 Å². The van der Waals surface area contributed by atoms with Crippen LogP contribution in [0.15, 0.2) is 17.0 Å². The third-order valence-corrected chi connectivity index (χ3v) is 4.55. The summed E-state index contributed by atoms with van der Waals surface area (Å²) >= 11 is 0. The summed E-state index contributed by atoms with van der Waals surface area (Å²) in [6, 6.07) is 1.53. The zero-order chi connectivity index (χ0) is 16.2. The molecule has 0 saturated carbocycles. The van der Waals surface area contributed by atoms with Crippen LogP contribution >= 0.6 is 0 Å². The molecular weight excluding hydrogens is 304 g/mol. The van der Waals surface area contributed by atoms with Gasteiger partial charge in [-0.25, -0.2) is 17.2 Å². The molecule has 0 unspecified atom stereocenters. The predicted molar refractivity (Wildman–Crippen MR) is 73.9 cm³/mol. The zero-order valence-electron chi connectivity index (χ0n) is 11.7. The Labute approximate surface area is 122 Å². The molecule has 0 aromatic heterocycles. The number of hydrogen-bond donors (Lipinski definition) is 2. The van der Waals surface area contributed by atoms with Gasteiger partial charge < -0.3 is 11.1 Å². The van der Waals surface area contributed by atoms with E-state index in [-0.39, 0.29) is 12.2 Å². The van der Waals surface area contributed by atoms with Gasteiger partial charge in [0.15, 0.2) is 11.6 Å². The standard InChI is InChI=1S/C12H17F2N3O3S/c1-3-4-17(7-11(18)16-2)21(19,20)10-6-8(15)5-9(13)12(10)14/h5-6H,3-4,7,15H2,1-2H3,(H,16,18). The molecule has 21 heavy (non-hydrogen) atoms. The number of likely N-dealkylation sites (N-methyl/N-ethyl adjacent to an activating group) is 1. The smallest absolute Gasteiger partial charge is 0.246 e. The Kier molecular flexibility index (Phi) is 5.62. The Bertz CT molecular complexity index is 635. The number of rotatable bonds is 6. The highest BCUT2D eigenvalue weighted by atomic mass is 32.2. The first kappa shape index (κ1) is 17.3. The van der Waals surface area contributed by atoms with Gasteiger partial charge in [-0.3, -0.25) is 4.79 Å². The second-order valence-electron chi connectivity index (χ2n) is 4.33. The summed E-state index contributed by atoms with van der Waals surface area (Å²) in [6.45, 7) is 1.21. The van der Waals surface area contributed by atoms with Crippen LogP contribution in [0.4, 0.5) is 14.5 Å². The number of sulfonamides is 1. The van der Waals surface area contributed by atoms with Crippen LogP contribution in [0.2, 0.25) is 0 Å². The summed E-state index contributed by atoms with van der Waals surface area (Å²) in [5.41, 5.74) is 5.14. The van der Waals surface area contributed by atoms with Crippen molar-refractivity contribution in [2.45, 2.75) is 18.2 Å². The minimum absolute atomic E-state index is 0.00832. The summed E-state index contributed by atoms with van der Waals surface area (Å²) in [7, 11) is -3.02. The van der Waals surface area contributed by atoms with E-state index in [1.54, 1.807) is 6.92 Å². The van der Waals surface area contributed by atoms with Crippen molar-refractivity contribution >= 4 is 21.6 Å². The summed E-state index contributed by atoms with van der Waals surface area (Å²) in [5, 5.41) is 2.28. The highest BCUT2D eigenvalue weighted by molar-refractivity contribution is 7.89. The maximum absolute atomic E-state index is 13.8. The molecule has 1 amide bonds. The molecule has 1 aromatic rings. The number of carbonyl (C=O) groups excluding carboxylic acids is 1. The maximum Gasteiger partial charge on any atom is 0.246 e. The van der Waals surface area contributed by atoms with Crippen LogP contribution in [0.5, 0.6) is 0 Å². The number of anilines is 1. The van der Waals surface area contributed by atoms with Crippen LogP contribution in [0, 0.1) is 11.6 Å². The summed E-state index contributed by atoms with van der Waals surface area (Å²) < 4.78 is 52.6. The van der Waals surface area contributed by atoms with Gasteiger partial charge in [0.25, 0.3) is 0 Å². The SMILES string of the molecule is CCCN(CC(=O)NC)S(=O)(=O)c1cc(N)cc(F)c1F. The lowest BCUT2D eigenvalue weighted by Crippen LogP contribution is -2.40. The van der Waals surface area contributed by atoms with Crippen LogP contribution < -0.4 is 11.1 Å². The van der Waals surface area contributed by atoms with Crippen LogP contribution in [-0.2, 0) is 14.8 Å². The molecule has 9 heteroatoms. The fraction of sp³-hybridized carbons (Fsp3) is 0.417. The molecule has 6 nitrogen and oxygen atoms in total. The van der Waals surface area contributed by atoms with Gasteiger partial charge in [0.1, 0.15) is 4.90 Å². The number of nitrogen functional groups attached to an aromatic ring is 1. The molecule has 0 atom stereocenters. The summed E-state index contributed by atoms with van der Waals surface area (Å²) in [5.74, 6) is -3.43. The Balaban J connectivity index is 3.32. The van der Waals surface area contributed by atoms with Crippen molar-refractivity contribution < 1.29 is 22.0 Å². The second kappa shape index (κ2) is 6.81. The molecule has 1 rings (SSSR count). The molecule has 0 saturated heterocycles. The number of carbonyl (C=O) groups is 1. The molecule has 118 valence electrons. The molecule has 0 heterocycles. The Morgan fingerprint density at radius 3 is 2.52 bits per heavy atom. The van der Waals surface area contributed by atoms with Crippen molar-refractivity contribution in [3.05, 3.63) is 23.8 Å². The van der Waals surface area contributed by atoms with E-state index in [4.69, 9.17) is 5.73 Å².